The molecule has 0 bridgehead atoms. The van der Waals surface area contributed by atoms with Gasteiger partial charge in [0, 0.05) is 13.0 Å². The monoisotopic (exact) mass is 250 g/mol. The zero-order valence-corrected chi connectivity index (χ0v) is 9.95. The van der Waals surface area contributed by atoms with E-state index in [1.54, 1.807) is 12.1 Å². The van der Waals surface area contributed by atoms with Gasteiger partial charge in [-0.1, -0.05) is 12.5 Å². The van der Waals surface area contributed by atoms with Crippen molar-refractivity contribution in [2.75, 3.05) is 11.9 Å². The lowest BCUT2D eigenvalue weighted by Gasteiger charge is -2.08. The second-order valence-electron chi connectivity index (χ2n) is 3.91. The van der Waals surface area contributed by atoms with Gasteiger partial charge in [-0.2, -0.15) is 5.26 Å². The van der Waals surface area contributed by atoms with E-state index in [1.807, 2.05) is 6.07 Å². The third-order valence-electron chi connectivity index (χ3n) is 2.51. The molecule has 0 radical (unpaired) electrons. The molecule has 1 rings (SSSR count). The van der Waals surface area contributed by atoms with Gasteiger partial charge in [0.1, 0.15) is 17.4 Å². The minimum absolute atomic E-state index is 0.0167. The van der Waals surface area contributed by atoms with Crippen LogP contribution in [0, 0.1) is 17.1 Å². The molecule has 96 valence electrons. The van der Waals surface area contributed by atoms with Crippen LogP contribution in [0.3, 0.4) is 0 Å². The maximum absolute atomic E-state index is 13.2. The van der Waals surface area contributed by atoms with Crippen LogP contribution in [0.5, 0.6) is 0 Å². The van der Waals surface area contributed by atoms with E-state index in [1.165, 1.54) is 6.07 Å². The highest BCUT2D eigenvalue weighted by Gasteiger charge is 2.06. The Morgan fingerprint density at radius 2 is 2.17 bits per heavy atom. The van der Waals surface area contributed by atoms with Crippen LogP contribution in [0.2, 0.25) is 0 Å². The summed E-state index contributed by atoms with van der Waals surface area (Å²) in [6.45, 7) is 0.595. The summed E-state index contributed by atoms with van der Waals surface area (Å²) in [6, 6.07) is 6.26. The van der Waals surface area contributed by atoms with Crippen molar-refractivity contribution >= 4 is 11.7 Å². The van der Waals surface area contributed by atoms with E-state index in [-0.39, 0.29) is 12.0 Å². The molecule has 0 saturated heterocycles. The predicted molar refractivity (Wildman–Crippen MR) is 65.7 cm³/mol. The summed E-state index contributed by atoms with van der Waals surface area (Å²) in [6.07, 6.45) is 2.37. The number of hydrogen-bond acceptors (Lipinski definition) is 3. The van der Waals surface area contributed by atoms with Crippen molar-refractivity contribution < 1.29 is 14.3 Å². The maximum Gasteiger partial charge on any atom is 0.303 e. The summed E-state index contributed by atoms with van der Waals surface area (Å²) in [4.78, 5) is 10.3. The molecule has 0 aliphatic carbocycles. The fraction of sp³-hybridized carbons (Fsp3) is 0.385. The van der Waals surface area contributed by atoms with E-state index in [9.17, 15) is 9.18 Å². The summed E-state index contributed by atoms with van der Waals surface area (Å²) in [7, 11) is 0. The first-order chi connectivity index (χ1) is 8.65. The Kier molecular flexibility index (Phi) is 5.65. The minimum Gasteiger partial charge on any atom is -0.481 e. The molecule has 0 spiro atoms. The van der Waals surface area contributed by atoms with Crippen LogP contribution < -0.4 is 5.32 Å². The predicted octanol–water partition coefficient (Wildman–Crippen LogP) is 2.75. The van der Waals surface area contributed by atoms with Crippen molar-refractivity contribution in [2.45, 2.75) is 25.7 Å². The Morgan fingerprint density at radius 3 is 2.83 bits per heavy atom. The van der Waals surface area contributed by atoms with Gasteiger partial charge in [0.2, 0.25) is 0 Å². The molecule has 0 amide bonds. The van der Waals surface area contributed by atoms with Gasteiger partial charge in [-0.15, -0.1) is 0 Å². The van der Waals surface area contributed by atoms with Crippen molar-refractivity contribution in [1.29, 1.82) is 5.26 Å². The fourth-order valence-corrected chi connectivity index (χ4v) is 1.59. The Hall–Kier alpha value is -2.09. The van der Waals surface area contributed by atoms with Gasteiger partial charge in [0.25, 0.3) is 0 Å². The summed E-state index contributed by atoms with van der Waals surface area (Å²) < 4.78 is 13.2. The van der Waals surface area contributed by atoms with Gasteiger partial charge in [-0.05, 0) is 25.0 Å². The third kappa shape index (κ3) is 4.42. The van der Waals surface area contributed by atoms with Gasteiger partial charge in [0.15, 0.2) is 0 Å². The van der Waals surface area contributed by atoms with E-state index in [2.05, 4.69) is 5.32 Å². The second-order valence-corrected chi connectivity index (χ2v) is 3.91. The van der Waals surface area contributed by atoms with Crippen molar-refractivity contribution in [2.24, 2.45) is 0 Å². The van der Waals surface area contributed by atoms with Crippen LogP contribution in [-0.4, -0.2) is 17.6 Å². The maximum atomic E-state index is 13.2. The number of carboxylic acid groups (broad SMARTS) is 1. The van der Waals surface area contributed by atoms with Crippen LogP contribution in [0.4, 0.5) is 10.1 Å². The number of hydrogen-bond donors (Lipinski definition) is 2. The van der Waals surface area contributed by atoms with E-state index in [0.29, 0.717) is 18.7 Å². The quantitative estimate of drug-likeness (QED) is 0.730. The molecule has 0 unspecified atom stereocenters. The lowest BCUT2D eigenvalue weighted by atomic mass is 10.1. The lowest BCUT2D eigenvalue weighted by Crippen LogP contribution is -2.04. The molecule has 1 aromatic rings. The van der Waals surface area contributed by atoms with E-state index >= 15 is 0 Å². The number of nitrogens with zero attached hydrogens (tertiary/aromatic N) is 1. The molecular formula is C13H15FN2O2. The minimum atomic E-state index is -0.792. The number of carbonyl (C=O) groups is 1. The van der Waals surface area contributed by atoms with E-state index in [4.69, 9.17) is 10.4 Å². The Balaban J connectivity index is 2.34. The number of benzene rings is 1. The van der Waals surface area contributed by atoms with Crippen LogP contribution in [-0.2, 0) is 4.79 Å². The molecule has 1 aromatic carbocycles. The Labute approximate surface area is 105 Å². The number of rotatable bonds is 7. The summed E-state index contributed by atoms with van der Waals surface area (Å²) in [5, 5.41) is 20.2. The first-order valence-corrected chi connectivity index (χ1v) is 5.79. The zero-order valence-electron chi connectivity index (χ0n) is 9.95. The van der Waals surface area contributed by atoms with Gasteiger partial charge < -0.3 is 10.4 Å². The molecule has 0 saturated carbocycles. The molecule has 0 aliphatic rings. The number of anilines is 1. The molecule has 0 atom stereocenters. The highest BCUT2D eigenvalue weighted by molar-refractivity contribution is 5.66. The average molecular weight is 250 g/mol. The highest BCUT2D eigenvalue weighted by atomic mass is 19.1. The third-order valence-corrected chi connectivity index (χ3v) is 2.51. The lowest BCUT2D eigenvalue weighted by molar-refractivity contribution is -0.137. The van der Waals surface area contributed by atoms with Gasteiger partial charge in [0.05, 0.1) is 5.69 Å². The smallest absolute Gasteiger partial charge is 0.303 e. The van der Waals surface area contributed by atoms with E-state index < -0.39 is 11.8 Å². The van der Waals surface area contributed by atoms with Crippen molar-refractivity contribution in [3.05, 3.63) is 29.6 Å². The van der Waals surface area contributed by atoms with Crippen LogP contribution in [0.15, 0.2) is 18.2 Å². The Bertz CT molecular complexity index is 455. The summed E-state index contributed by atoms with van der Waals surface area (Å²) >= 11 is 0. The van der Waals surface area contributed by atoms with Crippen molar-refractivity contribution in [3.63, 3.8) is 0 Å². The number of unbranched alkanes of at least 4 members (excludes halogenated alkanes) is 2. The van der Waals surface area contributed by atoms with Crippen LogP contribution >= 0.6 is 0 Å². The Morgan fingerprint density at radius 1 is 1.39 bits per heavy atom. The zero-order chi connectivity index (χ0) is 13.4. The highest BCUT2D eigenvalue weighted by Crippen LogP contribution is 2.17. The summed E-state index contributed by atoms with van der Waals surface area (Å²) in [5.41, 5.74) is 0.499. The summed E-state index contributed by atoms with van der Waals surface area (Å²) in [5.74, 6) is -1.33. The van der Waals surface area contributed by atoms with Gasteiger partial charge >= 0.3 is 5.97 Å². The molecule has 0 heterocycles. The van der Waals surface area contributed by atoms with Gasteiger partial charge in [-0.25, -0.2) is 4.39 Å². The van der Waals surface area contributed by atoms with Gasteiger partial charge in [-0.3, -0.25) is 4.79 Å². The van der Waals surface area contributed by atoms with E-state index in [0.717, 1.165) is 12.8 Å². The number of carboxylic acids is 1. The van der Waals surface area contributed by atoms with Crippen molar-refractivity contribution in [1.82, 2.24) is 0 Å². The SMILES string of the molecule is N#Cc1c(F)cccc1NCCCCCC(=O)O. The molecule has 18 heavy (non-hydrogen) atoms. The number of aliphatic carboxylic acids is 1. The normalized spacial score (nSPS) is 9.78. The number of nitriles is 1. The first kappa shape index (κ1) is 14.0. The molecule has 2 N–H and O–H groups in total. The molecule has 5 heteroatoms. The second kappa shape index (κ2) is 7.28. The standard InChI is InChI=1S/C13H15FN2O2/c14-11-5-4-6-12(10(11)9-15)16-8-3-1-2-7-13(17)18/h4-6,16H,1-3,7-8H2,(H,17,18). The molecule has 4 nitrogen and oxygen atoms in total. The van der Waals surface area contributed by atoms with Crippen LogP contribution in [0.1, 0.15) is 31.2 Å². The topological polar surface area (TPSA) is 73.1 Å². The largest absolute Gasteiger partial charge is 0.481 e. The fourth-order valence-electron chi connectivity index (χ4n) is 1.59. The first-order valence-electron chi connectivity index (χ1n) is 5.79. The number of nitrogens with one attached hydrogen (secondary N) is 1. The average Bonchev–Trinajstić information content (AvgIpc) is 2.33. The molecule has 0 fully saturated rings. The van der Waals surface area contributed by atoms with Crippen molar-refractivity contribution in [3.8, 4) is 6.07 Å². The molecule has 0 aliphatic heterocycles. The number of halogens is 1. The molecular weight excluding hydrogens is 235 g/mol. The molecule has 0 aromatic heterocycles. The van der Waals surface area contributed by atoms with Crippen LogP contribution in [0.25, 0.3) is 0 Å².